The van der Waals surface area contributed by atoms with E-state index in [1.807, 2.05) is 18.2 Å². The fraction of sp³-hybridized carbons (Fsp3) is 0.462. The molecule has 0 fully saturated rings. The van der Waals surface area contributed by atoms with Crippen LogP contribution in [0.2, 0.25) is 0 Å². The van der Waals surface area contributed by atoms with Gasteiger partial charge in [0.1, 0.15) is 0 Å². The Kier molecular flexibility index (Phi) is 4.35. The van der Waals surface area contributed by atoms with Gasteiger partial charge in [0, 0.05) is 6.42 Å². The minimum atomic E-state index is 0.0269. The number of nitrogens with two attached hydrogens (primary N) is 1. The molecule has 0 saturated heterocycles. The first kappa shape index (κ1) is 12.6. The first-order chi connectivity index (χ1) is 7.50. The van der Waals surface area contributed by atoms with Crippen LogP contribution in [-0.4, -0.2) is 5.91 Å². The number of carbonyl (C=O) groups excluding carboxylic acids is 1. The Labute approximate surface area is 97.0 Å². The molecule has 1 atom stereocenters. The van der Waals surface area contributed by atoms with Crippen LogP contribution >= 0.6 is 0 Å². The van der Waals surface area contributed by atoms with E-state index in [2.05, 4.69) is 26.1 Å². The molecule has 3 nitrogen and oxygen atoms in total. The number of anilines is 2. The molecular formula is C13H20N2O. The second-order valence-corrected chi connectivity index (χ2v) is 4.56. The highest BCUT2D eigenvalue weighted by molar-refractivity contribution is 5.93. The molecule has 16 heavy (non-hydrogen) atoms. The van der Waals surface area contributed by atoms with Gasteiger partial charge in [-0.3, -0.25) is 4.79 Å². The van der Waals surface area contributed by atoms with E-state index >= 15 is 0 Å². The Morgan fingerprint density at radius 3 is 2.50 bits per heavy atom. The quantitative estimate of drug-likeness (QED) is 0.766. The number of para-hydroxylation sites is 2. The second kappa shape index (κ2) is 5.54. The van der Waals surface area contributed by atoms with Crippen molar-refractivity contribution >= 4 is 17.3 Å². The van der Waals surface area contributed by atoms with Crippen LogP contribution in [-0.2, 0) is 4.79 Å². The number of carbonyl (C=O) groups is 1. The zero-order valence-electron chi connectivity index (χ0n) is 10.2. The molecule has 3 N–H and O–H groups in total. The average Bonchev–Trinajstić information content (AvgIpc) is 2.21. The van der Waals surface area contributed by atoms with Crippen LogP contribution < -0.4 is 11.1 Å². The van der Waals surface area contributed by atoms with Crippen LogP contribution in [0, 0.1) is 11.8 Å². The number of amides is 1. The number of hydrogen-bond donors (Lipinski definition) is 2. The maximum atomic E-state index is 11.7. The number of rotatable bonds is 4. The van der Waals surface area contributed by atoms with Gasteiger partial charge in [0.15, 0.2) is 0 Å². The van der Waals surface area contributed by atoms with Gasteiger partial charge in [-0.15, -0.1) is 0 Å². The lowest BCUT2D eigenvalue weighted by Crippen LogP contribution is -2.18. The summed E-state index contributed by atoms with van der Waals surface area (Å²) in [5.74, 6) is 0.919. The smallest absolute Gasteiger partial charge is 0.224 e. The van der Waals surface area contributed by atoms with E-state index in [1.54, 1.807) is 6.07 Å². The summed E-state index contributed by atoms with van der Waals surface area (Å²) >= 11 is 0. The highest BCUT2D eigenvalue weighted by Crippen LogP contribution is 2.19. The zero-order valence-corrected chi connectivity index (χ0v) is 10.2. The topological polar surface area (TPSA) is 55.1 Å². The molecule has 3 heteroatoms. The summed E-state index contributed by atoms with van der Waals surface area (Å²) in [7, 11) is 0. The molecule has 0 heterocycles. The van der Waals surface area contributed by atoms with Crippen LogP contribution in [0.5, 0.6) is 0 Å². The van der Waals surface area contributed by atoms with Crippen molar-refractivity contribution in [2.24, 2.45) is 11.8 Å². The van der Waals surface area contributed by atoms with Gasteiger partial charge in [0.05, 0.1) is 11.4 Å². The van der Waals surface area contributed by atoms with Crippen molar-refractivity contribution in [2.45, 2.75) is 27.2 Å². The molecule has 0 aliphatic rings. The predicted molar refractivity (Wildman–Crippen MR) is 68.1 cm³/mol. The standard InChI is InChI=1S/C13H20N2O/c1-9(2)10(3)8-13(16)15-12-7-5-4-6-11(12)14/h4-7,9-10H,8,14H2,1-3H3,(H,15,16). The van der Waals surface area contributed by atoms with E-state index < -0.39 is 0 Å². The van der Waals surface area contributed by atoms with E-state index in [0.717, 1.165) is 0 Å². The van der Waals surface area contributed by atoms with Crippen molar-refractivity contribution in [3.63, 3.8) is 0 Å². The predicted octanol–water partition coefficient (Wildman–Crippen LogP) is 2.89. The average molecular weight is 220 g/mol. The first-order valence-electron chi connectivity index (χ1n) is 5.65. The highest BCUT2D eigenvalue weighted by Gasteiger charge is 2.13. The lowest BCUT2D eigenvalue weighted by atomic mass is 9.94. The molecule has 1 amide bonds. The molecule has 0 bridgehead atoms. The highest BCUT2D eigenvalue weighted by atomic mass is 16.1. The molecule has 1 unspecified atom stereocenters. The third kappa shape index (κ3) is 3.57. The van der Waals surface area contributed by atoms with E-state index in [9.17, 15) is 4.79 Å². The maximum absolute atomic E-state index is 11.7. The zero-order chi connectivity index (χ0) is 12.1. The van der Waals surface area contributed by atoms with Crippen molar-refractivity contribution in [3.05, 3.63) is 24.3 Å². The second-order valence-electron chi connectivity index (χ2n) is 4.56. The molecule has 1 rings (SSSR count). The minimum Gasteiger partial charge on any atom is -0.397 e. The fourth-order valence-electron chi connectivity index (χ4n) is 1.34. The first-order valence-corrected chi connectivity index (χ1v) is 5.65. The molecule has 0 aromatic heterocycles. The largest absolute Gasteiger partial charge is 0.397 e. The molecule has 1 aromatic rings. The Balaban J connectivity index is 2.55. The van der Waals surface area contributed by atoms with Gasteiger partial charge in [-0.05, 0) is 24.0 Å². The van der Waals surface area contributed by atoms with Crippen LogP contribution in [0.25, 0.3) is 0 Å². The van der Waals surface area contributed by atoms with Gasteiger partial charge in [0.25, 0.3) is 0 Å². The number of benzene rings is 1. The molecule has 0 aliphatic heterocycles. The third-order valence-electron chi connectivity index (χ3n) is 2.88. The van der Waals surface area contributed by atoms with E-state index in [1.165, 1.54) is 0 Å². The minimum absolute atomic E-state index is 0.0269. The van der Waals surface area contributed by atoms with Crippen molar-refractivity contribution < 1.29 is 4.79 Å². The van der Waals surface area contributed by atoms with Crippen LogP contribution in [0.1, 0.15) is 27.2 Å². The number of nitrogen functional groups attached to an aromatic ring is 1. The SMILES string of the molecule is CC(C)C(C)CC(=O)Nc1ccccc1N. The summed E-state index contributed by atoms with van der Waals surface area (Å²) in [5, 5.41) is 2.83. The summed E-state index contributed by atoms with van der Waals surface area (Å²) in [4.78, 5) is 11.7. The van der Waals surface area contributed by atoms with Crippen LogP contribution in [0.15, 0.2) is 24.3 Å². The Bertz CT molecular complexity index is 361. The van der Waals surface area contributed by atoms with Gasteiger partial charge in [-0.2, -0.15) is 0 Å². The normalized spacial score (nSPS) is 12.5. The van der Waals surface area contributed by atoms with Gasteiger partial charge in [-0.25, -0.2) is 0 Å². The van der Waals surface area contributed by atoms with Crippen molar-refractivity contribution in [2.75, 3.05) is 11.1 Å². The van der Waals surface area contributed by atoms with Gasteiger partial charge >= 0.3 is 0 Å². The van der Waals surface area contributed by atoms with Crippen LogP contribution in [0.3, 0.4) is 0 Å². The van der Waals surface area contributed by atoms with E-state index in [-0.39, 0.29) is 5.91 Å². The number of nitrogens with one attached hydrogen (secondary N) is 1. The monoisotopic (exact) mass is 220 g/mol. The summed E-state index contributed by atoms with van der Waals surface area (Å²) in [6.45, 7) is 6.32. The molecule has 0 saturated carbocycles. The Morgan fingerprint density at radius 2 is 1.94 bits per heavy atom. The van der Waals surface area contributed by atoms with Crippen molar-refractivity contribution in [1.82, 2.24) is 0 Å². The van der Waals surface area contributed by atoms with Crippen molar-refractivity contribution in [1.29, 1.82) is 0 Å². The molecule has 0 radical (unpaired) electrons. The van der Waals surface area contributed by atoms with E-state index in [4.69, 9.17) is 5.73 Å². The van der Waals surface area contributed by atoms with Gasteiger partial charge < -0.3 is 11.1 Å². The summed E-state index contributed by atoms with van der Waals surface area (Å²) in [5.41, 5.74) is 7.05. The van der Waals surface area contributed by atoms with Crippen LogP contribution in [0.4, 0.5) is 11.4 Å². The molecular weight excluding hydrogens is 200 g/mol. The summed E-state index contributed by atoms with van der Waals surface area (Å²) in [6.07, 6.45) is 0.534. The lowest BCUT2D eigenvalue weighted by molar-refractivity contribution is -0.117. The third-order valence-corrected chi connectivity index (χ3v) is 2.88. The lowest BCUT2D eigenvalue weighted by Gasteiger charge is -2.15. The Morgan fingerprint density at radius 1 is 1.31 bits per heavy atom. The summed E-state index contributed by atoms with van der Waals surface area (Å²) < 4.78 is 0. The molecule has 1 aromatic carbocycles. The molecule has 0 aliphatic carbocycles. The molecule has 0 spiro atoms. The summed E-state index contributed by atoms with van der Waals surface area (Å²) in [6, 6.07) is 7.30. The fourth-order valence-corrected chi connectivity index (χ4v) is 1.34. The Hall–Kier alpha value is -1.51. The maximum Gasteiger partial charge on any atom is 0.224 e. The van der Waals surface area contributed by atoms with Gasteiger partial charge in [-0.1, -0.05) is 32.9 Å². The molecule has 88 valence electrons. The van der Waals surface area contributed by atoms with E-state index in [0.29, 0.717) is 29.6 Å². The number of hydrogen-bond acceptors (Lipinski definition) is 2. The van der Waals surface area contributed by atoms with Crippen molar-refractivity contribution in [3.8, 4) is 0 Å². The van der Waals surface area contributed by atoms with Gasteiger partial charge in [0.2, 0.25) is 5.91 Å².